The molecule has 0 saturated heterocycles. The Kier molecular flexibility index (Phi) is 5.92. The molecule has 2 heterocycles. The van der Waals surface area contributed by atoms with E-state index < -0.39 is 17.5 Å². The number of benzene rings is 3. The van der Waals surface area contributed by atoms with E-state index in [9.17, 15) is 13.2 Å². The molecule has 7 nitrogen and oxygen atoms in total. The largest absolute Gasteiger partial charge is 0.492 e. The third-order valence-corrected chi connectivity index (χ3v) is 5.23. The molecule has 5 aromatic rings. The van der Waals surface area contributed by atoms with Crippen LogP contribution in [0.5, 0.6) is 5.75 Å². The zero-order chi connectivity index (χ0) is 24.4. The summed E-state index contributed by atoms with van der Waals surface area (Å²) in [6.45, 7) is 0.625. The molecule has 0 radical (unpaired) electrons. The van der Waals surface area contributed by atoms with Crippen molar-refractivity contribution >= 4 is 22.8 Å². The summed E-state index contributed by atoms with van der Waals surface area (Å²) in [4.78, 5) is 8.80. The Morgan fingerprint density at radius 1 is 0.914 bits per heavy atom. The van der Waals surface area contributed by atoms with Crippen LogP contribution >= 0.6 is 0 Å². The summed E-state index contributed by atoms with van der Waals surface area (Å²) in [5.41, 5.74) is 6.75. The van der Waals surface area contributed by atoms with Crippen LogP contribution < -0.4 is 15.8 Å². The van der Waals surface area contributed by atoms with E-state index in [1.54, 1.807) is 6.07 Å². The van der Waals surface area contributed by atoms with Crippen LogP contribution in [0.15, 0.2) is 72.8 Å². The van der Waals surface area contributed by atoms with Gasteiger partial charge in [0, 0.05) is 5.56 Å². The maximum Gasteiger partial charge on any atom is 0.225 e. The summed E-state index contributed by atoms with van der Waals surface area (Å²) in [7, 11) is 0. The van der Waals surface area contributed by atoms with Gasteiger partial charge in [-0.15, -0.1) is 5.10 Å². The second-order valence-corrected chi connectivity index (χ2v) is 7.56. The maximum absolute atomic E-state index is 14.8. The Balaban J connectivity index is 1.55. The molecule has 35 heavy (non-hydrogen) atoms. The minimum absolute atomic E-state index is 0.0543. The lowest BCUT2D eigenvalue weighted by atomic mass is 10.1. The lowest BCUT2D eigenvalue weighted by Gasteiger charge is -2.10. The van der Waals surface area contributed by atoms with Crippen molar-refractivity contribution in [1.82, 2.24) is 19.7 Å². The standard InChI is InChI=1S/C25H19F3N6O/c26-15-6-4-7-16(14-15)34-23(29)20-22(18-10-5-11-19(27)21(18)28)31-25(32-24(20)33-34)30-12-13-35-17-8-2-1-3-9-17/h1-11,14H,12-13,29H2,(H,30,32,33). The third kappa shape index (κ3) is 4.45. The number of ether oxygens (including phenoxy) is 1. The highest BCUT2D eigenvalue weighted by Crippen LogP contribution is 2.34. The van der Waals surface area contributed by atoms with Crippen LogP contribution in [0.1, 0.15) is 0 Å². The number of hydrogen-bond donors (Lipinski definition) is 2. The average Bonchev–Trinajstić information content (AvgIpc) is 3.20. The number of anilines is 2. The van der Waals surface area contributed by atoms with Gasteiger partial charge in [-0.3, -0.25) is 0 Å². The topological polar surface area (TPSA) is 90.9 Å². The molecule has 0 amide bonds. The number of fused-ring (bicyclic) bond motifs is 1. The van der Waals surface area contributed by atoms with Crippen molar-refractivity contribution in [3.63, 3.8) is 0 Å². The zero-order valence-electron chi connectivity index (χ0n) is 18.3. The fourth-order valence-electron chi connectivity index (χ4n) is 3.63. The molecule has 3 N–H and O–H groups in total. The number of aromatic nitrogens is 4. The molecule has 176 valence electrons. The first kappa shape index (κ1) is 22.2. The SMILES string of the molecule is Nc1c2c(-c3cccc(F)c3F)nc(NCCOc3ccccc3)nc2nn1-c1cccc(F)c1. The number of nitrogens with one attached hydrogen (secondary N) is 1. The van der Waals surface area contributed by atoms with E-state index in [1.807, 2.05) is 30.3 Å². The first-order valence-corrected chi connectivity index (χ1v) is 10.7. The molecular formula is C25H19F3N6O. The highest BCUT2D eigenvalue weighted by Gasteiger charge is 2.22. The third-order valence-electron chi connectivity index (χ3n) is 5.23. The summed E-state index contributed by atoms with van der Waals surface area (Å²) in [6.07, 6.45) is 0. The van der Waals surface area contributed by atoms with Crippen LogP contribution in [-0.4, -0.2) is 32.9 Å². The molecule has 2 aromatic heterocycles. The maximum atomic E-state index is 14.8. The van der Waals surface area contributed by atoms with E-state index in [2.05, 4.69) is 20.4 Å². The Morgan fingerprint density at radius 3 is 2.51 bits per heavy atom. The van der Waals surface area contributed by atoms with Gasteiger partial charge in [0.25, 0.3) is 0 Å². The van der Waals surface area contributed by atoms with E-state index in [4.69, 9.17) is 10.5 Å². The molecule has 3 aromatic carbocycles. The minimum Gasteiger partial charge on any atom is -0.492 e. The van der Waals surface area contributed by atoms with Crippen molar-refractivity contribution in [3.8, 4) is 22.7 Å². The van der Waals surface area contributed by atoms with Crippen LogP contribution in [0, 0.1) is 17.5 Å². The van der Waals surface area contributed by atoms with Crippen LogP contribution in [0.25, 0.3) is 28.0 Å². The van der Waals surface area contributed by atoms with Gasteiger partial charge in [0.2, 0.25) is 5.95 Å². The van der Waals surface area contributed by atoms with E-state index in [-0.39, 0.29) is 34.1 Å². The fraction of sp³-hybridized carbons (Fsp3) is 0.0800. The Morgan fingerprint density at radius 2 is 1.71 bits per heavy atom. The van der Waals surface area contributed by atoms with Crippen LogP contribution in [0.3, 0.4) is 0 Å². The van der Waals surface area contributed by atoms with E-state index in [0.717, 1.165) is 6.07 Å². The number of nitrogens with zero attached hydrogens (tertiary/aromatic N) is 4. The van der Waals surface area contributed by atoms with Crippen molar-refractivity contribution in [2.45, 2.75) is 0 Å². The van der Waals surface area contributed by atoms with Gasteiger partial charge in [-0.25, -0.2) is 22.8 Å². The molecule has 10 heteroatoms. The molecule has 0 atom stereocenters. The van der Waals surface area contributed by atoms with Gasteiger partial charge in [-0.1, -0.05) is 30.3 Å². The summed E-state index contributed by atoms with van der Waals surface area (Å²) < 4.78 is 49.6. The molecule has 0 aliphatic heterocycles. The highest BCUT2D eigenvalue weighted by molar-refractivity contribution is 5.99. The van der Waals surface area contributed by atoms with Crippen LogP contribution in [0.4, 0.5) is 24.9 Å². The number of rotatable bonds is 7. The molecule has 0 fully saturated rings. The smallest absolute Gasteiger partial charge is 0.225 e. The van der Waals surface area contributed by atoms with Gasteiger partial charge < -0.3 is 15.8 Å². The molecule has 0 aliphatic carbocycles. The van der Waals surface area contributed by atoms with E-state index >= 15 is 0 Å². The Hall–Kier alpha value is -4.60. The van der Waals surface area contributed by atoms with Gasteiger partial charge in [-0.2, -0.15) is 4.98 Å². The molecule has 0 spiro atoms. The first-order chi connectivity index (χ1) is 17.0. The van der Waals surface area contributed by atoms with Crippen LogP contribution in [0.2, 0.25) is 0 Å². The summed E-state index contributed by atoms with van der Waals surface area (Å²) in [5, 5.41) is 7.61. The van der Waals surface area contributed by atoms with Crippen molar-refractivity contribution < 1.29 is 17.9 Å². The first-order valence-electron chi connectivity index (χ1n) is 10.7. The minimum atomic E-state index is -1.08. The van der Waals surface area contributed by atoms with Crippen LogP contribution in [-0.2, 0) is 0 Å². The number of nitrogens with two attached hydrogens (primary N) is 1. The summed E-state index contributed by atoms with van der Waals surface area (Å²) in [5.74, 6) is -1.71. The number of para-hydroxylation sites is 1. The van der Waals surface area contributed by atoms with E-state index in [0.29, 0.717) is 24.6 Å². The van der Waals surface area contributed by atoms with Crippen molar-refractivity contribution in [1.29, 1.82) is 0 Å². The Bertz CT molecular complexity index is 1510. The van der Waals surface area contributed by atoms with Gasteiger partial charge in [0.05, 0.1) is 23.3 Å². The second kappa shape index (κ2) is 9.34. The number of hydrogen-bond acceptors (Lipinski definition) is 6. The molecule has 0 saturated carbocycles. The summed E-state index contributed by atoms with van der Waals surface area (Å²) >= 11 is 0. The van der Waals surface area contributed by atoms with Gasteiger partial charge >= 0.3 is 0 Å². The normalized spacial score (nSPS) is 11.1. The average molecular weight is 476 g/mol. The van der Waals surface area contributed by atoms with Crippen molar-refractivity contribution in [2.24, 2.45) is 0 Å². The number of nitrogen functional groups attached to an aromatic ring is 1. The number of halogens is 3. The summed E-state index contributed by atoms with van der Waals surface area (Å²) in [6, 6.07) is 18.7. The molecule has 0 bridgehead atoms. The highest BCUT2D eigenvalue weighted by atomic mass is 19.2. The second-order valence-electron chi connectivity index (χ2n) is 7.56. The predicted octanol–water partition coefficient (Wildman–Crippen LogP) is 4.97. The molecular weight excluding hydrogens is 457 g/mol. The van der Waals surface area contributed by atoms with E-state index in [1.165, 1.54) is 35.0 Å². The quantitative estimate of drug-likeness (QED) is 0.322. The van der Waals surface area contributed by atoms with Gasteiger partial charge in [-0.05, 0) is 42.5 Å². The lowest BCUT2D eigenvalue weighted by molar-refractivity contribution is 0.332. The fourth-order valence-corrected chi connectivity index (χ4v) is 3.63. The van der Waals surface area contributed by atoms with Crippen molar-refractivity contribution in [3.05, 3.63) is 90.2 Å². The van der Waals surface area contributed by atoms with Gasteiger partial charge in [0.15, 0.2) is 17.3 Å². The zero-order valence-corrected chi connectivity index (χ0v) is 18.3. The predicted molar refractivity (Wildman–Crippen MR) is 127 cm³/mol. The van der Waals surface area contributed by atoms with Gasteiger partial charge in [0.1, 0.15) is 24.0 Å². The molecule has 5 rings (SSSR count). The molecule has 0 aliphatic rings. The monoisotopic (exact) mass is 476 g/mol. The Labute approximate surface area is 198 Å². The van der Waals surface area contributed by atoms with Crippen molar-refractivity contribution in [2.75, 3.05) is 24.2 Å². The lowest BCUT2D eigenvalue weighted by Crippen LogP contribution is -2.13. The molecule has 0 unspecified atom stereocenters.